The van der Waals surface area contributed by atoms with E-state index in [-0.39, 0.29) is 11.7 Å². The smallest absolute Gasteiger partial charge is 0.252 e. The van der Waals surface area contributed by atoms with Gasteiger partial charge in [-0.05, 0) is 32.8 Å². The molecule has 4 heteroatoms. The number of carbonyl (C=O) groups excluding carboxylic acids is 3. The van der Waals surface area contributed by atoms with E-state index >= 15 is 0 Å². The highest BCUT2D eigenvalue weighted by Gasteiger charge is 2.07. The molecule has 0 atom stereocenters. The minimum Gasteiger partial charge on any atom is -0.300 e. The molecule has 0 heterocycles. The van der Waals surface area contributed by atoms with Crippen LogP contribution in [-0.4, -0.2) is 29.5 Å². The zero-order valence-corrected chi connectivity index (χ0v) is 11.9. The molecule has 0 fully saturated rings. The second-order valence-corrected chi connectivity index (χ2v) is 3.65. The SMILES string of the molecule is C/C=C\C(=O)N(C=O)CCCCCC(C)=O.CC. The van der Waals surface area contributed by atoms with Crippen LogP contribution in [0.5, 0.6) is 0 Å². The van der Waals surface area contributed by atoms with Crippen molar-refractivity contribution in [1.29, 1.82) is 0 Å². The van der Waals surface area contributed by atoms with E-state index in [4.69, 9.17) is 0 Å². The van der Waals surface area contributed by atoms with Crippen LogP contribution in [0.3, 0.4) is 0 Å². The molecule has 18 heavy (non-hydrogen) atoms. The number of imide groups is 1. The summed E-state index contributed by atoms with van der Waals surface area (Å²) < 4.78 is 0. The molecule has 0 unspecified atom stereocenters. The highest BCUT2D eigenvalue weighted by atomic mass is 16.2. The second kappa shape index (κ2) is 13.6. The molecule has 0 aliphatic rings. The minimum absolute atomic E-state index is 0.178. The predicted octanol–water partition coefficient (Wildman–Crippen LogP) is 2.72. The number of ketones is 1. The number of amides is 2. The fourth-order valence-corrected chi connectivity index (χ4v) is 1.29. The maximum Gasteiger partial charge on any atom is 0.252 e. The van der Waals surface area contributed by atoms with Gasteiger partial charge < -0.3 is 4.79 Å². The lowest BCUT2D eigenvalue weighted by atomic mass is 10.1. The lowest BCUT2D eigenvalue weighted by Gasteiger charge is -2.12. The van der Waals surface area contributed by atoms with E-state index in [0.717, 1.165) is 24.2 Å². The normalized spacial score (nSPS) is 9.56. The lowest BCUT2D eigenvalue weighted by Crippen LogP contribution is -2.28. The van der Waals surface area contributed by atoms with E-state index in [1.807, 2.05) is 13.8 Å². The van der Waals surface area contributed by atoms with E-state index in [0.29, 0.717) is 19.4 Å². The minimum atomic E-state index is -0.288. The van der Waals surface area contributed by atoms with Gasteiger partial charge in [0.05, 0.1) is 0 Å². The third kappa shape index (κ3) is 11.0. The molecule has 0 aliphatic heterocycles. The maximum absolute atomic E-state index is 11.3. The van der Waals surface area contributed by atoms with E-state index in [1.54, 1.807) is 19.9 Å². The van der Waals surface area contributed by atoms with Crippen LogP contribution in [-0.2, 0) is 14.4 Å². The molecule has 0 saturated carbocycles. The van der Waals surface area contributed by atoms with Crippen molar-refractivity contribution in [3.8, 4) is 0 Å². The first-order valence-corrected chi connectivity index (χ1v) is 6.49. The van der Waals surface area contributed by atoms with Crippen molar-refractivity contribution in [1.82, 2.24) is 4.90 Å². The molecule has 0 aromatic carbocycles. The Labute approximate surface area is 110 Å². The highest BCUT2D eigenvalue weighted by molar-refractivity contribution is 5.94. The van der Waals surface area contributed by atoms with Crippen molar-refractivity contribution in [3.05, 3.63) is 12.2 Å². The first kappa shape index (κ1) is 18.9. The molecule has 4 nitrogen and oxygen atoms in total. The number of carbonyl (C=O) groups is 3. The predicted molar refractivity (Wildman–Crippen MR) is 73.1 cm³/mol. The van der Waals surface area contributed by atoms with Crippen molar-refractivity contribution in [2.24, 2.45) is 0 Å². The van der Waals surface area contributed by atoms with Gasteiger partial charge in [-0.2, -0.15) is 0 Å². The zero-order valence-electron chi connectivity index (χ0n) is 11.9. The molecule has 0 aliphatic carbocycles. The van der Waals surface area contributed by atoms with Gasteiger partial charge >= 0.3 is 0 Å². The lowest BCUT2D eigenvalue weighted by molar-refractivity contribution is -0.134. The Balaban J connectivity index is 0. The Morgan fingerprint density at radius 2 is 1.72 bits per heavy atom. The van der Waals surface area contributed by atoms with Crippen molar-refractivity contribution in [2.75, 3.05) is 6.54 Å². The number of nitrogens with zero attached hydrogens (tertiary/aromatic N) is 1. The molecule has 2 amide bonds. The monoisotopic (exact) mass is 255 g/mol. The van der Waals surface area contributed by atoms with Gasteiger partial charge in [0, 0.05) is 13.0 Å². The van der Waals surface area contributed by atoms with Crippen molar-refractivity contribution >= 4 is 18.1 Å². The molecule has 0 aromatic heterocycles. The zero-order chi connectivity index (χ0) is 14.4. The van der Waals surface area contributed by atoms with Crippen molar-refractivity contribution in [2.45, 2.75) is 53.4 Å². The average molecular weight is 255 g/mol. The highest BCUT2D eigenvalue weighted by Crippen LogP contribution is 2.02. The van der Waals surface area contributed by atoms with Crippen LogP contribution in [0.4, 0.5) is 0 Å². The van der Waals surface area contributed by atoms with Crippen LogP contribution in [0, 0.1) is 0 Å². The van der Waals surface area contributed by atoms with E-state index in [2.05, 4.69) is 0 Å². The molecule has 0 aromatic rings. The fourth-order valence-electron chi connectivity index (χ4n) is 1.29. The molecule has 0 N–H and O–H groups in total. The number of unbranched alkanes of at least 4 members (excludes halogenated alkanes) is 2. The number of hydrogen-bond acceptors (Lipinski definition) is 3. The average Bonchev–Trinajstić information content (AvgIpc) is 2.36. The second-order valence-electron chi connectivity index (χ2n) is 3.65. The van der Waals surface area contributed by atoms with Gasteiger partial charge in [0.25, 0.3) is 5.91 Å². The summed E-state index contributed by atoms with van der Waals surface area (Å²) in [6, 6.07) is 0. The van der Waals surface area contributed by atoms with Crippen LogP contribution in [0.1, 0.15) is 53.4 Å². The van der Waals surface area contributed by atoms with Crippen LogP contribution >= 0.6 is 0 Å². The number of rotatable bonds is 8. The van der Waals surface area contributed by atoms with E-state index in [1.165, 1.54) is 6.08 Å². The Morgan fingerprint density at radius 1 is 1.11 bits per heavy atom. The summed E-state index contributed by atoms with van der Waals surface area (Å²) in [5.74, 6) is -0.110. The standard InChI is InChI=1S/C12H19NO3.C2H6/c1-3-7-12(16)13(10-14)9-6-4-5-8-11(2)15;1-2/h3,7,10H,4-6,8-9H2,1-2H3;1-2H3/b7-3-;. The maximum atomic E-state index is 11.3. The first-order chi connectivity index (χ1) is 8.61. The Hall–Kier alpha value is -1.45. The first-order valence-electron chi connectivity index (χ1n) is 6.49. The third-order valence-corrected chi connectivity index (χ3v) is 2.15. The van der Waals surface area contributed by atoms with E-state index in [9.17, 15) is 14.4 Å². The summed E-state index contributed by atoms with van der Waals surface area (Å²) >= 11 is 0. The third-order valence-electron chi connectivity index (χ3n) is 2.15. The molecule has 104 valence electrons. The van der Waals surface area contributed by atoms with Crippen LogP contribution in [0.15, 0.2) is 12.2 Å². The van der Waals surface area contributed by atoms with Crippen LogP contribution < -0.4 is 0 Å². The van der Waals surface area contributed by atoms with Crippen LogP contribution in [0.25, 0.3) is 0 Å². The number of Topliss-reactive ketones (excluding diaryl/α,β-unsaturated/α-hetero) is 1. The molecule has 0 rings (SSSR count). The molecule has 0 bridgehead atoms. The van der Waals surface area contributed by atoms with E-state index < -0.39 is 0 Å². The molecule has 0 saturated heterocycles. The van der Waals surface area contributed by atoms with Gasteiger partial charge in [-0.1, -0.05) is 26.3 Å². The fraction of sp³-hybridized carbons (Fsp3) is 0.643. The Morgan fingerprint density at radius 3 is 2.17 bits per heavy atom. The summed E-state index contributed by atoms with van der Waals surface area (Å²) in [7, 11) is 0. The Bertz CT molecular complexity index is 272. The van der Waals surface area contributed by atoms with Gasteiger partial charge in [0.15, 0.2) is 0 Å². The largest absolute Gasteiger partial charge is 0.300 e. The molecule has 0 radical (unpaired) electrons. The van der Waals surface area contributed by atoms with Crippen LogP contribution in [0.2, 0.25) is 0 Å². The van der Waals surface area contributed by atoms with Crippen molar-refractivity contribution < 1.29 is 14.4 Å². The quantitative estimate of drug-likeness (QED) is 0.381. The summed E-state index contributed by atoms with van der Waals surface area (Å²) in [5, 5.41) is 0. The topological polar surface area (TPSA) is 54.5 Å². The summed E-state index contributed by atoms with van der Waals surface area (Å²) in [5.41, 5.74) is 0. The molecule has 0 spiro atoms. The molecular formula is C14H25NO3. The van der Waals surface area contributed by atoms with Gasteiger partial charge in [-0.15, -0.1) is 0 Å². The van der Waals surface area contributed by atoms with Gasteiger partial charge in [-0.25, -0.2) is 0 Å². The van der Waals surface area contributed by atoms with Gasteiger partial charge in [-0.3, -0.25) is 14.5 Å². The summed E-state index contributed by atoms with van der Waals surface area (Å²) in [6.07, 6.45) is 6.51. The van der Waals surface area contributed by atoms with Gasteiger partial charge in [0.2, 0.25) is 6.41 Å². The van der Waals surface area contributed by atoms with Crippen molar-refractivity contribution in [3.63, 3.8) is 0 Å². The van der Waals surface area contributed by atoms with Gasteiger partial charge in [0.1, 0.15) is 5.78 Å². The number of allylic oxidation sites excluding steroid dienone is 1. The molecular weight excluding hydrogens is 230 g/mol. The Kier molecular flexibility index (Phi) is 14.3. The summed E-state index contributed by atoms with van der Waals surface area (Å²) in [4.78, 5) is 33.7. The number of hydrogen-bond donors (Lipinski definition) is 0. The summed E-state index contributed by atoms with van der Waals surface area (Å²) in [6.45, 7) is 7.71.